The van der Waals surface area contributed by atoms with Crippen molar-refractivity contribution in [2.24, 2.45) is 7.05 Å². The smallest absolute Gasteiger partial charge is 0.456 e. The second-order valence-electron chi connectivity index (χ2n) is 8.88. The number of alkyl halides is 8. The van der Waals surface area contributed by atoms with Gasteiger partial charge in [0.25, 0.3) is 5.56 Å². The van der Waals surface area contributed by atoms with E-state index in [1.807, 2.05) is 0 Å². The van der Waals surface area contributed by atoms with Crippen LogP contribution in [-0.2, 0) is 22.8 Å². The second-order valence-corrected chi connectivity index (χ2v) is 9.69. The maximum Gasteiger partial charge on any atom is 0.456 e. The van der Waals surface area contributed by atoms with Gasteiger partial charge in [-0.2, -0.15) is 39.5 Å². The summed E-state index contributed by atoms with van der Waals surface area (Å²) in [6, 6.07) is 8.89. The number of aromatic nitrogens is 3. The van der Waals surface area contributed by atoms with Crippen LogP contribution in [0, 0.1) is 6.92 Å². The van der Waals surface area contributed by atoms with Gasteiger partial charge in [-0.15, -0.1) is 0 Å². The van der Waals surface area contributed by atoms with Crippen LogP contribution in [0.15, 0.2) is 52.1 Å². The molecule has 2 heterocycles. The fourth-order valence-electron chi connectivity index (χ4n) is 3.78. The third kappa shape index (κ3) is 6.00. The molecule has 0 spiro atoms. The lowest BCUT2D eigenvalue weighted by Crippen LogP contribution is -2.41. The first-order valence-corrected chi connectivity index (χ1v) is 12.3. The molecule has 17 heteroatoms. The van der Waals surface area contributed by atoms with Crippen molar-refractivity contribution in [1.82, 2.24) is 13.5 Å². The van der Waals surface area contributed by atoms with Crippen LogP contribution in [-0.4, -0.2) is 44.8 Å². The molecule has 2 aromatic carbocycles. The number of carbonyl (C=O) groups excluding carboxylic acids is 1. The minimum absolute atomic E-state index is 0.000245. The lowest BCUT2D eigenvalue weighted by molar-refractivity contribution is -0.294. The maximum atomic E-state index is 13.2. The van der Waals surface area contributed by atoms with Crippen LogP contribution in [0.2, 0.25) is 0 Å². The zero-order valence-corrected chi connectivity index (χ0v) is 22.1. The number of hydrogen-bond donors (Lipinski definition) is 0. The maximum absolute atomic E-state index is 13.2. The normalized spacial score (nSPS) is 12.5. The van der Waals surface area contributed by atoms with Crippen LogP contribution in [0.1, 0.15) is 11.3 Å². The number of rotatable bonds is 7. The fourth-order valence-corrected chi connectivity index (χ4v) is 4.55. The van der Waals surface area contributed by atoms with Crippen LogP contribution < -0.4 is 16.0 Å². The summed E-state index contributed by atoms with van der Waals surface area (Å²) < 4.78 is 117. The molecule has 4 rings (SSSR count). The third-order valence-corrected chi connectivity index (χ3v) is 6.80. The Balaban J connectivity index is 1.64. The highest BCUT2D eigenvalue weighted by Crippen LogP contribution is 2.37. The highest BCUT2D eigenvalue weighted by molar-refractivity contribution is 7.13. The molecule has 42 heavy (non-hydrogen) atoms. The molecule has 8 nitrogen and oxygen atoms in total. The molecule has 0 atom stereocenters. The van der Waals surface area contributed by atoms with Gasteiger partial charge in [0.05, 0.1) is 16.1 Å². The summed E-state index contributed by atoms with van der Waals surface area (Å²) in [6.45, 7) is -1.52. The summed E-state index contributed by atoms with van der Waals surface area (Å²) in [4.78, 5) is 37.0. The van der Waals surface area contributed by atoms with E-state index in [2.05, 4.69) is 9.11 Å². The summed E-state index contributed by atoms with van der Waals surface area (Å²) >= 11 is 1.03. The Morgan fingerprint density at radius 2 is 1.67 bits per heavy atom. The largest absolute Gasteiger partial charge is 0.482 e. The van der Waals surface area contributed by atoms with E-state index < -0.39 is 54.4 Å². The van der Waals surface area contributed by atoms with Crippen molar-refractivity contribution >= 4 is 27.6 Å². The van der Waals surface area contributed by atoms with Gasteiger partial charge in [0.15, 0.2) is 13.2 Å². The summed E-state index contributed by atoms with van der Waals surface area (Å²) in [6.07, 6.45) is -10.8. The lowest BCUT2D eigenvalue weighted by atomic mass is 10.0. The fraction of sp³-hybridized carbons (Fsp3) is 0.280. The topological polar surface area (TPSA) is 92.4 Å². The molecular weight excluding hydrogens is 606 g/mol. The van der Waals surface area contributed by atoms with E-state index in [9.17, 15) is 49.5 Å². The molecule has 2 aromatic heterocycles. The zero-order valence-electron chi connectivity index (χ0n) is 21.3. The number of halogens is 8. The van der Waals surface area contributed by atoms with E-state index in [0.29, 0.717) is 42.1 Å². The van der Waals surface area contributed by atoms with Crippen LogP contribution in [0.4, 0.5) is 35.1 Å². The molecule has 0 unspecified atom stereocenters. The molecule has 0 saturated carbocycles. The van der Waals surface area contributed by atoms with Gasteiger partial charge in [-0.1, -0.05) is 6.07 Å². The van der Waals surface area contributed by atoms with Gasteiger partial charge in [0.2, 0.25) is 0 Å². The lowest BCUT2D eigenvalue weighted by Gasteiger charge is -2.19. The Morgan fingerprint density at radius 3 is 2.31 bits per heavy atom. The summed E-state index contributed by atoms with van der Waals surface area (Å²) in [5.41, 5.74) is -2.55. The highest BCUT2D eigenvalue weighted by Gasteiger charge is 2.58. The van der Waals surface area contributed by atoms with Crippen molar-refractivity contribution in [2.45, 2.75) is 25.2 Å². The van der Waals surface area contributed by atoms with Crippen molar-refractivity contribution in [3.8, 4) is 22.7 Å². The summed E-state index contributed by atoms with van der Waals surface area (Å²) in [5.74, 6) is -6.71. The van der Waals surface area contributed by atoms with Gasteiger partial charge < -0.3 is 9.47 Å². The van der Waals surface area contributed by atoms with E-state index >= 15 is 0 Å². The van der Waals surface area contributed by atoms with E-state index in [-0.39, 0.29) is 11.4 Å². The first-order chi connectivity index (χ1) is 19.4. The number of ether oxygens (including phenoxy) is 2. The van der Waals surface area contributed by atoms with Crippen LogP contribution >= 0.6 is 11.5 Å². The Labute approximate surface area is 233 Å². The number of aryl methyl sites for hydroxylation is 1. The van der Waals surface area contributed by atoms with Gasteiger partial charge in [-0.05, 0) is 54.4 Å². The Morgan fingerprint density at radius 1 is 0.976 bits per heavy atom. The van der Waals surface area contributed by atoms with Gasteiger partial charge in [-0.3, -0.25) is 9.36 Å². The Bertz CT molecular complexity index is 1790. The molecule has 4 aromatic rings. The second kappa shape index (κ2) is 10.8. The van der Waals surface area contributed by atoms with Crippen LogP contribution in [0.3, 0.4) is 0 Å². The molecule has 0 bridgehead atoms. The van der Waals surface area contributed by atoms with E-state index in [0.717, 1.165) is 18.6 Å². The van der Waals surface area contributed by atoms with Gasteiger partial charge in [0.1, 0.15) is 11.4 Å². The van der Waals surface area contributed by atoms with E-state index in [1.165, 1.54) is 30.3 Å². The minimum atomic E-state index is -5.90. The summed E-state index contributed by atoms with van der Waals surface area (Å²) in [7, 11) is 0.879. The predicted octanol–water partition coefficient (Wildman–Crippen LogP) is 5.26. The molecule has 0 aliphatic heterocycles. The standard InChI is InChI=1S/C25H17F8N3O5S/c1-12-3-5-14(40-10-20(38)41-11-23(26,27)25(31,32)33)8-15(12)21-16-7-13(4-6-17(16)42-34-21)36-19(37)9-18(24(28,29)30)35(2)22(36)39/h3-9H,10-11H2,1-2H3. The first-order valence-electron chi connectivity index (χ1n) is 11.5. The average Bonchev–Trinajstić information content (AvgIpc) is 3.31. The average molecular weight is 623 g/mol. The third-order valence-electron chi connectivity index (χ3n) is 5.97. The van der Waals surface area contributed by atoms with Gasteiger partial charge in [-0.25, -0.2) is 14.2 Å². The van der Waals surface area contributed by atoms with Crippen molar-refractivity contribution in [1.29, 1.82) is 0 Å². The SMILES string of the molecule is Cc1ccc(OCC(=O)OCC(F)(F)C(F)(F)F)cc1-c1nsc2ccc(-n3c(=O)cc(C(F)(F)F)n(C)c3=O)cc12. The number of fused-ring (bicyclic) bond motifs is 1. The van der Waals surface area contributed by atoms with E-state index in [1.54, 1.807) is 13.0 Å². The molecule has 0 saturated heterocycles. The first kappa shape index (κ1) is 30.7. The van der Waals surface area contributed by atoms with Crippen molar-refractivity contribution in [2.75, 3.05) is 13.2 Å². The number of nitrogens with zero attached hydrogens (tertiary/aromatic N) is 3. The highest BCUT2D eigenvalue weighted by atomic mass is 32.1. The monoisotopic (exact) mass is 623 g/mol. The number of benzene rings is 2. The molecule has 0 radical (unpaired) electrons. The van der Waals surface area contributed by atoms with Gasteiger partial charge >= 0.3 is 29.9 Å². The quantitative estimate of drug-likeness (QED) is 0.206. The zero-order chi connectivity index (χ0) is 31.2. The molecule has 0 aliphatic carbocycles. The molecule has 0 aliphatic rings. The molecule has 224 valence electrons. The minimum Gasteiger partial charge on any atom is -0.482 e. The summed E-state index contributed by atoms with van der Waals surface area (Å²) in [5, 5.41) is 0.403. The van der Waals surface area contributed by atoms with Crippen LogP contribution in [0.5, 0.6) is 5.75 Å². The van der Waals surface area contributed by atoms with Crippen molar-refractivity contribution in [3.05, 3.63) is 74.6 Å². The van der Waals surface area contributed by atoms with Gasteiger partial charge in [0, 0.05) is 24.1 Å². The Hall–Kier alpha value is -4.28. The van der Waals surface area contributed by atoms with E-state index in [4.69, 9.17) is 4.74 Å². The molecule has 0 fully saturated rings. The molecular formula is C25H17F8N3O5S. The predicted molar refractivity (Wildman–Crippen MR) is 133 cm³/mol. The Kier molecular flexibility index (Phi) is 7.92. The van der Waals surface area contributed by atoms with Crippen molar-refractivity contribution < 1.29 is 49.4 Å². The number of carbonyl (C=O) groups is 1. The number of esters is 1. The molecule has 0 N–H and O–H groups in total. The van der Waals surface area contributed by atoms with Crippen LogP contribution in [0.25, 0.3) is 27.0 Å². The molecule has 0 amide bonds. The number of hydrogen-bond acceptors (Lipinski definition) is 7. The van der Waals surface area contributed by atoms with Crippen molar-refractivity contribution in [3.63, 3.8) is 0 Å².